The molecule has 5 aromatic carbocycles. The molecule has 2 unspecified atom stereocenters. The summed E-state index contributed by atoms with van der Waals surface area (Å²) in [5, 5.41) is 2.58. The predicted molar refractivity (Wildman–Crippen MR) is 166 cm³/mol. The van der Waals surface area contributed by atoms with E-state index in [4.69, 9.17) is 0 Å². The van der Waals surface area contributed by atoms with Crippen LogP contribution in [0.15, 0.2) is 140 Å². The Kier molecular flexibility index (Phi) is 6.01. The fourth-order valence-electron chi connectivity index (χ4n) is 6.19. The van der Waals surface area contributed by atoms with Crippen LogP contribution in [0.1, 0.15) is 19.8 Å². The standard InChI is InChI=1S/C37H32N2/c1-27-10-9-13-33(26-27)38(30-11-3-2-4-12-30)31-22-18-28(19-23-31)29-20-24-32(25-21-29)39-36-16-7-5-14-34(36)35-15-6-8-17-37(35)39/h2-9,11-25,27,33H,10,26H2,1H3. The van der Waals surface area contributed by atoms with Crippen LogP contribution >= 0.6 is 0 Å². The van der Waals surface area contributed by atoms with Gasteiger partial charge in [-0.25, -0.2) is 0 Å². The molecule has 0 saturated carbocycles. The van der Waals surface area contributed by atoms with Gasteiger partial charge >= 0.3 is 0 Å². The maximum absolute atomic E-state index is 2.49. The lowest BCUT2D eigenvalue weighted by molar-refractivity contribution is 0.483. The van der Waals surface area contributed by atoms with Crippen molar-refractivity contribution in [2.24, 2.45) is 5.92 Å². The highest BCUT2D eigenvalue weighted by Crippen LogP contribution is 2.36. The topological polar surface area (TPSA) is 8.17 Å². The van der Waals surface area contributed by atoms with Gasteiger partial charge in [0.25, 0.3) is 0 Å². The van der Waals surface area contributed by atoms with Gasteiger partial charge in [0.2, 0.25) is 0 Å². The molecule has 0 aliphatic heterocycles. The molecular formula is C37H32N2. The first-order chi connectivity index (χ1) is 19.3. The number of para-hydroxylation sites is 3. The van der Waals surface area contributed by atoms with Crippen LogP contribution in [0.5, 0.6) is 0 Å². The predicted octanol–water partition coefficient (Wildman–Crippen LogP) is 9.94. The number of fused-ring (bicyclic) bond motifs is 3. The zero-order valence-electron chi connectivity index (χ0n) is 22.2. The Bertz CT molecular complexity index is 1710. The Morgan fingerprint density at radius 1 is 0.590 bits per heavy atom. The number of benzene rings is 5. The molecular weight excluding hydrogens is 472 g/mol. The van der Waals surface area contributed by atoms with Crippen molar-refractivity contribution in [2.45, 2.75) is 25.8 Å². The fraction of sp³-hybridized carbons (Fsp3) is 0.135. The van der Waals surface area contributed by atoms with Gasteiger partial charge in [-0.05, 0) is 78.4 Å². The van der Waals surface area contributed by atoms with E-state index in [1.165, 1.54) is 56.4 Å². The van der Waals surface area contributed by atoms with E-state index in [1.807, 2.05) is 0 Å². The number of anilines is 2. The minimum atomic E-state index is 0.368. The van der Waals surface area contributed by atoms with E-state index in [0.717, 1.165) is 6.42 Å². The summed E-state index contributed by atoms with van der Waals surface area (Å²) in [5.74, 6) is 0.693. The van der Waals surface area contributed by atoms with Gasteiger partial charge in [-0.1, -0.05) is 97.9 Å². The summed E-state index contributed by atoms with van der Waals surface area (Å²) in [6, 6.07) is 46.5. The lowest BCUT2D eigenvalue weighted by Crippen LogP contribution is -2.32. The van der Waals surface area contributed by atoms with Crippen molar-refractivity contribution in [1.29, 1.82) is 0 Å². The van der Waals surface area contributed by atoms with Crippen LogP contribution in [0.25, 0.3) is 38.6 Å². The Labute approximate surface area is 230 Å². The summed E-state index contributed by atoms with van der Waals surface area (Å²) in [7, 11) is 0. The molecule has 1 aliphatic carbocycles. The quantitative estimate of drug-likeness (QED) is 0.212. The molecule has 190 valence electrons. The minimum Gasteiger partial charge on any atom is -0.335 e. The van der Waals surface area contributed by atoms with Gasteiger partial charge in [-0.3, -0.25) is 0 Å². The Morgan fingerprint density at radius 2 is 1.13 bits per heavy atom. The van der Waals surface area contributed by atoms with Gasteiger partial charge in [0.05, 0.1) is 17.1 Å². The molecule has 0 bridgehead atoms. The summed E-state index contributed by atoms with van der Waals surface area (Å²) >= 11 is 0. The Morgan fingerprint density at radius 3 is 1.74 bits per heavy atom. The highest BCUT2D eigenvalue weighted by atomic mass is 15.2. The third-order valence-corrected chi connectivity index (χ3v) is 8.09. The van der Waals surface area contributed by atoms with Gasteiger partial charge < -0.3 is 9.47 Å². The van der Waals surface area contributed by atoms with E-state index >= 15 is 0 Å². The number of hydrogen-bond acceptors (Lipinski definition) is 1. The van der Waals surface area contributed by atoms with E-state index in [9.17, 15) is 0 Å². The van der Waals surface area contributed by atoms with Gasteiger partial charge in [0.1, 0.15) is 0 Å². The lowest BCUT2D eigenvalue weighted by atomic mass is 9.91. The molecule has 1 aromatic heterocycles. The van der Waals surface area contributed by atoms with Crippen molar-refractivity contribution in [3.8, 4) is 16.8 Å². The highest BCUT2D eigenvalue weighted by molar-refractivity contribution is 6.09. The second-order valence-corrected chi connectivity index (χ2v) is 10.7. The van der Waals surface area contributed by atoms with Crippen LogP contribution in [-0.2, 0) is 0 Å². The molecule has 1 heterocycles. The molecule has 0 N–H and O–H groups in total. The largest absolute Gasteiger partial charge is 0.335 e. The fourth-order valence-corrected chi connectivity index (χ4v) is 6.19. The SMILES string of the molecule is CC1CC=CC(N(c2ccccc2)c2ccc(-c3ccc(-n4c5ccccc5c5ccccc54)cc3)cc2)C1. The summed E-state index contributed by atoms with van der Waals surface area (Å²) < 4.78 is 2.37. The van der Waals surface area contributed by atoms with Gasteiger partial charge in [0.15, 0.2) is 0 Å². The molecule has 0 spiro atoms. The van der Waals surface area contributed by atoms with E-state index in [0.29, 0.717) is 12.0 Å². The van der Waals surface area contributed by atoms with Gasteiger partial charge in [-0.2, -0.15) is 0 Å². The average Bonchev–Trinajstić information content (AvgIpc) is 3.33. The molecule has 0 fully saturated rings. The highest BCUT2D eigenvalue weighted by Gasteiger charge is 2.23. The molecule has 2 heteroatoms. The van der Waals surface area contributed by atoms with Crippen LogP contribution in [0.2, 0.25) is 0 Å². The number of hydrogen-bond donors (Lipinski definition) is 0. The zero-order valence-corrected chi connectivity index (χ0v) is 22.2. The van der Waals surface area contributed by atoms with E-state index < -0.39 is 0 Å². The first-order valence-electron chi connectivity index (χ1n) is 14.0. The normalized spacial score (nSPS) is 17.1. The summed E-state index contributed by atoms with van der Waals surface area (Å²) in [4.78, 5) is 2.49. The molecule has 2 atom stereocenters. The molecule has 0 amide bonds. The van der Waals surface area contributed by atoms with Crippen molar-refractivity contribution >= 4 is 33.2 Å². The van der Waals surface area contributed by atoms with Crippen LogP contribution in [0.4, 0.5) is 11.4 Å². The third-order valence-electron chi connectivity index (χ3n) is 8.09. The maximum Gasteiger partial charge on any atom is 0.0541 e. The first kappa shape index (κ1) is 23.5. The van der Waals surface area contributed by atoms with Crippen molar-refractivity contribution in [3.05, 3.63) is 140 Å². The lowest BCUT2D eigenvalue weighted by Gasteiger charge is -2.35. The number of aromatic nitrogens is 1. The third kappa shape index (κ3) is 4.32. The van der Waals surface area contributed by atoms with Crippen LogP contribution in [0.3, 0.4) is 0 Å². The molecule has 6 aromatic rings. The van der Waals surface area contributed by atoms with E-state index in [2.05, 4.69) is 156 Å². The smallest absolute Gasteiger partial charge is 0.0541 e. The minimum absolute atomic E-state index is 0.368. The Balaban J connectivity index is 1.22. The Hall–Kier alpha value is -4.56. The second kappa shape index (κ2) is 9.96. The number of allylic oxidation sites excluding steroid dienone is 1. The monoisotopic (exact) mass is 504 g/mol. The van der Waals surface area contributed by atoms with Crippen molar-refractivity contribution in [1.82, 2.24) is 4.57 Å². The van der Waals surface area contributed by atoms with E-state index in [-0.39, 0.29) is 0 Å². The molecule has 39 heavy (non-hydrogen) atoms. The van der Waals surface area contributed by atoms with Crippen LogP contribution < -0.4 is 4.90 Å². The maximum atomic E-state index is 2.49. The van der Waals surface area contributed by atoms with Crippen molar-refractivity contribution in [3.63, 3.8) is 0 Å². The van der Waals surface area contributed by atoms with Crippen molar-refractivity contribution in [2.75, 3.05) is 4.90 Å². The van der Waals surface area contributed by atoms with Crippen LogP contribution in [-0.4, -0.2) is 10.6 Å². The molecule has 2 nitrogen and oxygen atoms in total. The van der Waals surface area contributed by atoms with Crippen LogP contribution in [0, 0.1) is 5.92 Å². The first-order valence-corrected chi connectivity index (χ1v) is 14.0. The van der Waals surface area contributed by atoms with Gasteiger partial charge in [-0.15, -0.1) is 0 Å². The molecule has 0 radical (unpaired) electrons. The van der Waals surface area contributed by atoms with Crippen molar-refractivity contribution < 1.29 is 0 Å². The number of nitrogens with zero attached hydrogens (tertiary/aromatic N) is 2. The number of rotatable bonds is 5. The summed E-state index contributed by atoms with van der Waals surface area (Å²) in [6.45, 7) is 2.35. The second-order valence-electron chi connectivity index (χ2n) is 10.7. The molecule has 1 aliphatic rings. The molecule has 7 rings (SSSR count). The van der Waals surface area contributed by atoms with Gasteiger partial charge in [0, 0.05) is 27.8 Å². The zero-order chi connectivity index (χ0) is 26.2. The average molecular weight is 505 g/mol. The molecule has 0 saturated heterocycles. The van der Waals surface area contributed by atoms with E-state index in [1.54, 1.807) is 0 Å². The summed E-state index contributed by atoms with van der Waals surface area (Å²) in [5.41, 5.74) is 8.59. The summed E-state index contributed by atoms with van der Waals surface area (Å²) in [6.07, 6.45) is 7.07.